The molecule has 5 nitrogen and oxygen atoms in total. The second-order valence-electron chi connectivity index (χ2n) is 6.81. The number of pyridine rings is 2. The summed E-state index contributed by atoms with van der Waals surface area (Å²) in [6.45, 7) is 1.86. The Morgan fingerprint density at radius 3 is 2.28 bits per heavy atom. The number of esters is 1. The molecule has 2 aromatic carbocycles. The van der Waals surface area contributed by atoms with E-state index in [0.29, 0.717) is 23.0 Å². The number of ether oxygens (including phenoxy) is 1. The van der Waals surface area contributed by atoms with Crippen LogP contribution in [0.2, 0.25) is 0 Å². The molecule has 0 atom stereocenters. The van der Waals surface area contributed by atoms with Gasteiger partial charge in [-0.1, -0.05) is 48.5 Å². The van der Waals surface area contributed by atoms with E-state index in [1.54, 1.807) is 10.6 Å². The quantitative estimate of drug-likeness (QED) is 0.498. The summed E-state index contributed by atoms with van der Waals surface area (Å²) in [4.78, 5) is 30.9. The number of rotatable bonds is 4. The molecule has 0 saturated heterocycles. The third-order valence-electron chi connectivity index (χ3n) is 4.87. The third kappa shape index (κ3) is 3.43. The van der Waals surface area contributed by atoms with Gasteiger partial charge in [-0.25, -0.2) is 9.78 Å². The zero-order chi connectivity index (χ0) is 20.4. The molecule has 0 bridgehead atoms. The average molecular weight is 384 g/mol. The summed E-state index contributed by atoms with van der Waals surface area (Å²) in [5.41, 5.74) is 3.28. The van der Waals surface area contributed by atoms with Crippen LogP contribution in [0.3, 0.4) is 0 Å². The maximum atomic E-state index is 13.4. The molecule has 0 N–H and O–H groups in total. The Kier molecular flexibility index (Phi) is 4.96. The lowest BCUT2D eigenvalue weighted by Gasteiger charge is -2.19. The van der Waals surface area contributed by atoms with Gasteiger partial charge in [-0.2, -0.15) is 0 Å². The zero-order valence-corrected chi connectivity index (χ0v) is 16.3. The number of hydrogen-bond acceptors (Lipinski definition) is 4. The van der Waals surface area contributed by atoms with E-state index in [4.69, 9.17) is 4.74 Å². The first-order valence-corrected chi connectivity index (χ1v) is 9.33. The highest BCUT2D eigenvalue weighted by molar-refractivity contribution is 5.94. The Labute approximate surface area is 168 Å². The zero-order valence-electron chi connectivity index (χ0n) is 16.3. The van der Waals surface area contributed by atoms with Gasteiger partial charge in [0.1, 0.15) is 11.3 Å². The molecule has 2 heterocycles. The minimum Gasteiger partial charge on any atom is -0.464 e. The van der Waals surface area contributed by atoms with Crippen LogP contribution in [0.15, 0.2) is 77.6 Å². The predicted molar refractivity (Wildman–Crippen MR) is 113 cm³/mol. The molecule has 0 saturated carbocycles. The lowest BCUT2D eigenvalue weighted by molar-refractivity contribution is 0.0590. The Morgan fingerprint density at radius 1 is 0.966 bits per heavy atom. The SMILES string of the molecule is COC(=O)c1c(Cc2ccccc2)c(=O)c2ccc(C)nc2n1-c1ccccc1. The van der Waals surface area contributed by atoms with E-state index in [0.717, 1.165) is 16.9 Å². The standard InChI is InChI=1S/C24H20N2O3/c1-16-13-14-19-22(27)20(15-17-9-5-3-6-10-17)21(24(28)29-2)26(23(19)25-16)18-11-7-4-8-12-18/h3-14H,15H2,1-2H3. The highest BCUT2D eigenvalue weighted by Gasteiger charge is 2.25. The fraction of sp³-hybridized carbons (Fsp3) is 0.125. The largest absolute Gasteiger partial charge is 0.464 e. The number of hydrogen-bond donors (Lipinski definition) is 0. The monoisotopic (exact) mass is 384 g/mol. The minimum atomic E-state index is -0.568. The smallest absolute Gasteiger partial charge is 0.355 e. The van der Waals surface area contributed by atoms with E-state index in [1.807, 2.05) is 73.7 Å². The van der Waals surface area contributed by atoms with Crippen molar-refractivity contribution in [2.75, 3.05) is 7.11 Å². The first kappa shape index (κ1) is 18.6. The molecule has 0 spiro atoms. The summed E-state index contributed by atoms with van der Waals surface area (Å²) in [5, 5.41) is 0.470. The van der Waals surface area contributed by atoms with Crippen molar-refractivity contribution in [1.29, 1.82) is 0 Å². The Morgan fingerprint density at radius 2 is 1.62 bits per heavy atom. The Hall–Kier alpha value is -3.73. The van der Waals surface area contributed by atoms with Gasteiger partial charge in [0.05, 0.1) is 12.5 Å². The number of para-hydroxylation sites is 1. The molecule has 5 heteroatoms. The second-order valence-corrected chi connectivity index (χ2v) is 6.81. The van der Waals surface area contributed by atoms with E-state index < -0.39 is 5.97 Å². The second kappa shape index (κ2) is 7.72. The van der Waals surface area contributed by atoms with Crippen LogP contribution in [-0.2, 0) is 11.2 Å². The highest BCUT2D eigenvalue weighted by atomic mass is 16.5. The average Bonchev–Trinajstić information content (AvgIpc) is 2.76. The van der Waals surface area contributed by atoms with Crippen LogP contribution in [0.4, 0.5) is 0 Å². The summed E-state index contributed by atoms with van der Waals surface area (Å²) < 4.78 is 6.81. The van der Waals surface area contributed by atoms with Crippen LogP contribution in [0.1, 0.15) is 27.3 Å². The van der Waals surface area contributed by atoms with E-state index in [1.165, 1.54) is 7.11 Å². The van der Waals surface area contributed by atoms with E-state index in [-0.39, 0.29) is 11.1 Å². The van der Waals surface area contributed by atoms with Crippen molar-refractivity contribution in [3.05, 3.63) is 106 Å². The number of methoxy groups -OCH3 is 1. The number of carbonyl (C=O) groups excluding carboxylic acids is 1. The van der Waals surface area contributed by atoms with Gasteiger partial charge in [0.15, 0.2) is 5.43 Å². The van der Waals surface area contributed by atoms with Gasteiger partial charge in [0.25, 0.3) is 0 Å². The summed E-state index contributed by atoms with van der Waals surface area (Å²) >= 11 is 0. The van der Waals surface area contributed by atoms with Crippen LogP contribution < -0.4 is 5.43 Å². The maximum absolute atomic E-state index is 13.4. The molecular weight excluding hydrogens is 364 g/mol. The molecule has 0 aliphatic carbocycles. The molecule has 0 aliphatic rings. The van der Waals surface area contributed by atoms with Crippen molar-refractivity contribution < 1.29 is 9.53 Å². The van der Waals surface area contributed by atoms with Crippen LogP contribution in [-0.4, -0.2) is 22.6 Å². The molecule has 144 valence electrons. The molecule has 0 fully saturated rings. The number of aryl methyl sites for hydroxylation is 1. The van der Waals surface area contributed by atoms with Crippen LogP contribution in [0.25, 0.3) is 16.7 Å². The van der Waals surface area contributed by atoms with Crippen molar-refractivity contribution in [2.45, 2.75) is 13.3 Å². The van der Waals surface area contributed by atoms with E-state index in [9.17, 15) is 9.59 Å². The number of carbonyl (C=O) groups is 1. The molecular formula is C24H20N2O3. The van der Waals surface area contributed by atoms with Gasteiger partial charge < -0.3 is 4.74 Å². The van der Waals surface area contributed by atoms with E-state index in [2.05, 4.69) is 4.98 Å². The summed E-state index contributed by atoms with van der Waals surface area (Å²) in [5.74, 6) is -0.568. The Balaban J connectivity index is 2.14. The molecule has 4 aromatic rings. The van der Waals surface area contributed by atoms with Crippen molar-refractivity contribution in [1.82, 2.24) is 9.55 Å². The first-order chi connectivity index (χ1) is 14.1. The molecule has 0 unspecified atom stereocenters. The Bertz CT molecular complexity index is 1250. The van der Waals surface area contributed by atoms with Gasteiger partial charge in [-0.05, 0) is 36.8 Å². The van der Waals surface area contributed by atoms with Gasteiger partial charge in [0, 0.05) is 23.4 Å². The summed E-state index contributed by atoms with van der Waals surface area (Å²) in [6.07, 6.45) is 0.320. The minimum absolute atomic E-state index is 0.205. The van der Waals surface area contributed by atoms with Crippen LogP contribution >= 0.6 is 0 Å². The van der Waals surface area contributed by atoms with Gasteiger partial charge in [-0.15, -0.1) is 0 Å². The van der Waals surface area contributed by atoms with Crippen molar-refractivity contribution >= 4 is 17.0 Å². The van der Waals surface area contributed by atoms with Crippen LogP contribution in [0, 0.1) is 6.92 Å². The molecule has 0 amide bonds. The fourth-order valence-electron chi connectivity index (χ4n) is 3.51. The van der Waals surface area contributed by atoms with Crippen molar-refractivity contribution in [3.8, 4) is 5.69 Å². The number of nitrogens with zero attached hydrogens (tertiary/aromatic N) is 2. The van der Waals surface area contributed by atoms with Crippen LogP contribution in [0.5, 0.6) is 0 Å². The fourth-order valence-corrected chi connectivity index (χ4v) is 3.51. The predicted octanol–water partition coefficient (Wildman–Crippen LogP) is 4.07. The lowest BCUT2D eigenvalue weighted by Crippen LogP contribution is -2.25. The molecule has 2 aromatic heterocycles. The number of fused-ring (bicyclic) bond motifs is 1. The highest BCUT2D eigenvalue weighted by Crippen LogP contribution is 2.23. The number of aromatic nitrogens is 2. The third-order valence-corrected chi connectivity index (χ3v) is 4.87. The molecule has 0 radical (unpaired) electrons. The van der Waals surface area contributed by atoms with Crippen molar-refractivity contribution in [2.24, 2.45) is 0 Å². The van der Waals surface area contributed by atoms with E-state index >= 15 is 0 Å². The summed E-state index contributed by atoms with van der Waals surface area (Å²) in [6, 6.07) is 22.6. The summed E-state index contributed by atoms with van der Waals surface area (Å²) in [7, 11) is 1.32. The molecule has 0 aliphatic heterocycles. The molecule has 4 rings (SSSR count). The first-order valence-electron chi connectivity index (χ1n) is 9.33. The van der Waals surface area contributed by atoms with Gasteiger partial charge >= 0.3 is 5.97 Å². The maximum Gasteiger partial charge on any atom is 0.355 e. The molecule has 29 heavy (non-hydrogen) atoms. The van der Waals surface area contributed by atoms with Crippen molar-refractivity contribution in [3.63, 3.8) is 0 Å². The van der Waals surface area contributed by atoms with Gasteiger partial charge in [0.2, 0.25) is 0 Å². The van der Waals surface area contributed by atoms with Gasteiger partial charge in [-0.3, -0.25) is 9.36 Å². The lowest BCUT2D eigenvalue weighted by atomic mass is 10.00. The topological polar surface area (TPSA) is 61.2 Å². The number of benzene rings is 2. The normalized spacial score (nSPS) is 10.8.